The second kappa shape index (κ2) is 10.8. The highest BCUT2D eigenvalue weighted by Gasteiger charge is 2.33. The van der Waals surface area contributed by atoms with Gasteiger partial charge in [-0.3, -0.25) is 4.99 Å². The lowest BCUT2D eigenvalue weighted by Gasteiger charge is -2.30. The van der Waals surface area contributed by atoms with Crippen LogP contribution in [0.15, 0.2) is 77.0 Å². The summed E-state index contributed by atoms with van der Waals surface area (Å²) in [6.45, 7) is 18.0. The predicted octanol–water partition coefficient (Wildman–Crippen LogP) is 8.94. The molecule has 7 rings (SSSR count). The van der Waals surface area contributed by atoms with Crippen LogP contribution in [0.25, 0.3) is 18.0 Å². The predicted molar refractivity (Wildman–Crippen MR) is 188 cm³/mol. The molecular formula is C40H46N4O. The Bertz CT molecular complexity index is 1820. The molecule has 0 saturated heterocycles. The van der Waals surface area contributed by atoms with E-state index in [1.54, 1.807) is 0 Å². The lowest BCUT2D eigenvalue weighted by molar-refractivity contribution is 0.246. The van der Waals surface area contributed by atoms with E-state index in [1.807, 2.05) is 12.5 Å². The third kappa shape index (κ3) is 5.41. The minimum Gasteiger partial charge on any atom is -0.486 e. The quantitative estimate of drug-likeness (QED) is 0.301. The summed E-state index contributed by atoms with van der Waals surface area (Å²) in [7, 11) is 0. The Balaban J connectivity index is 1.24. The first kappa shape index (κ1) is 29.6. The van der Waals surface area contributed by atoms with Gasteiger partial charge < -0.3 is 14.2 Å². The van der Waals surface area contributed by atoms with Crippen molar-refractivity contribution >= 4 is 24.2 Å². The number of fused-ring (bicyclic) bond motifs is 4. The molecule has 0 N–H and O–H groups in total. The molecule has 1 aliphatic heterocycles. The molecule has 0 radical (unpaired) electrons. The lowest BCUT2D eigenvalue weighted by Crippen LogP contribution is -2.36. The van der Waals surface area contributed by atoms with Crippen molar-refractivity contribution in [3.05, 3.63) is 106 Å². The average molecular weight is 599 g/mol. The first-order chi connectivity index (χ1) is 21.4. The molecular weight excluding hydrogens is 552 g/mol. The topological polar surface area (TPSA) is 42.6 Å². The number of hydrogen-bond acceptors (Lipinski definition) is 4. The lowest BCUT2D eigenvalue weighted by atomic mass is 9.86. The van der Waals surface area contributed by atoms with E-state index in [2.05, 4.69) is 132 Å². The van der Waals surface area contributed by atoms with Crippen molar-refractivity contribution < 1.29 is 4.74 Å². The van der Waals surface area contributed by atoms with Crippen LogP contribution in [0, 0.1) is 0 Å². The minimum absolute atomic E-state index is 0.0292. The Morgan fingerprint density at radius 1 is 0.844 bits per heavy atom. The molecule has 1 aromatic carbocycles. The first-order valence-corrected chi connectivity index (χ1v) is 16.5. The van der Waals surface area contributed by atoms with E-state index in [9.17, 15) is 0 Å². The second-order valence-electron chi connectivity index (χ2n) is 15.2. The highest BCUT2D eigenvalue weighted by atomic mass is 16.5. The maximum Gasteiger partial charge on any atom is 0.137 e. The minimum atomic E-state index is -0.0900. The van der Waals surface area contributed by atoms with Crippen molar-refractivity contribution in [2.75, 3.05) is 4.90 Å². The largest absolute Gasteiger partial charge is 0.486 e. The van der Waals surface area contributed by atoms with Crippen molar-refractivity contribution in [1.29, 1.82) is 0 Å². The molecule has 0 saturated carbocycles. The van der Waals surface area contributed by atoms with E-state index in [1.165, 1.54) is 44.8 Å². The van der Waals surface area contributed by atoms with Crippen LogP contribution in [-0.4, -0.2) is 34.1 Å². The number of hydrogen-bond donors (Lipinski definition) is 0. The molecule has 0 bridgehead atoms. The highest BCUT2D eigenvalue weighted by molar-refractivity contribution is 5.85. The van der Waals surface area contributed by atoms with Gasteiger partial charge in [-0.2, -0.15) is 0 Å². The summed E-state index contributed by atoms with van der Waals surface area (Å²) in [5.74, 6) is 1.90. The number of rotatable bonds is 4. The van der Waals surface area contributed by atoms with Crippen LogP contribution in [0.2, 0.25) is 0 Å². The number of ether oxygens (including phenoxy) is 1. The maximum absolute atomic E-state index is 6.89. The number of allylic oxidation sites excluding steroid dienone is 3. The van der Waals surface area contributed by atoms with Gasteiger partial charge in [-0.15, -0.1) is 0 Å². The zero-order valence-corrected chi connectivity index (χ0v) is 28.1. The summed E-state index contributed by atoms with van der Waals surface area (Å²) in [6, 6.07) is 11.5. The molecule has 2 aromatic heterocycles. The van der Waals surface area contributed by atoms with Crippen molar-refractivity contribution in [3.8, 4) is 11.6 Å². The second-order valence-corrected chi connectivity index (χ2v) is 15.2. The van der Waals surface area contributed by atoms with E-state index < -0.39 is 0 Å². The van der Waals surface area contributed by atoms with Crippen molar-refractivity contribution in [1.82, 2.24) is 9.55 Å². The van der Waals surface area contributed by atoms with Crippen LogP contribution in [0.1, 0.15) is 95.5 Å². The molecule has 4 aliphatic rings. The molecule has 3 atom stereocenters. The Kier molecular flexibility index (Phi) is 7.07. The van der Waals surface area contributed by atoms with Crippen LogP contribution in [0.4, 0.5) is 5.69 Å². The average Bonchev–Trinajstić information content (AvgIpc) is 3.54. The summed E-state index contributed by atoms with van der Waals surface area (Å²) in [5, 5.41) is 0. The number of aromatic nitrogens is 2. The van der Waals surface area contributed by atoms with Gasteiger partial charge in [0, 0.05) is 46.9 Å². The normalized spacial score (nSPS) is 22.1. The summed E-state index contributed by atoms with van der Waals surface area (Å²) in [4.78, 5) is 12.1. The highest BCUT2D eigenvalue weighted by Crippen LogP contribution is 2.39. The fraction of sp³-hybridized carbons (Fsp3) is 0.400. The van der Waals surface area contributed by atoms with E-state index in [0.717, 1.165) is 36.5 Å². The molecule has 5 heteroatoms. The van der Waals surface area contributed by atoms with Gasteiger partial charge >= 0.3 is 0 Å². The van der Waals surface area contributed by atoms with Gasteiger partial charge in [0.05, 0.1) is 18.4 Å². The van der Waals surface area contributed by atoms with Crippen LogP contribution in [0.5, 0.6) is 5.75 Å². The van der Waals surface area contributed by atoms with Crippen LogP contribution in [0.3, 0.4) is 0 Å². The van der Waals surface area contributed by atoms with Crippen LogP contribution >= 0.6 is 0 Å². The smallest absolute Gasteiger partial charge is 0.137 e. The summed E-state index contributed by atoms with van der Waals surface area (Å²) in [5.41, 5.74) is 11.6. The van der Waals surface area contributed by atoms with Gasteiger partial charge in [0.25, 0.3) is 0 Å². The van der Waals surface area contributed by atoms with Crippen molar-refractivity contribution in [2.24, 2.45) is 4.99 Å². The van der Waals surface area contributed by atoms with Crippen molar-refractivity contribution in [2.45, 2.75) is 104 Å². The fourth-order valence-electron chi connectivity index (χ4n) is 7.00. The van der Waals surface area contributed by atoms with Gasteiger partial charge in [0.15, 0.2) is 0 Å². The molecule has 0 fully saturated rings. The molecule has 3 aromatic rings. The molecule has 232 valence electrons. The zero-order chi connectivity index (χ0) is 31.7. The molecule has 5 nitrogen and oxygen atoms in total. The third-order valence-corrected chi connectivity index (χ3v) is 9.84. The van der Waals surface area contributed by atoms with Crippen molar-refractivity contribution in [3.63, 3.8) is 0 Å². The Morgan fingerprint density at radius 3 is 2.38 bits per heavy atom. The third-order valence-electron chi connectivity index (χ3n) is 9.84. The molecule has 3 unspecified atom stereocenters. The molecule has 0 spiro atoms. The Hall–Kier alpha value is -4.12. The van der Waals surface area contributed by atoms with Gasteiger partial charge in [0.2, 0.25) is 0 Å². The van der Waals surface area contributed by atoms with E-state index in [4.69, 9.17) is 14.7 Å². The first-order valence-electron chi connectivity index (χ1n) is 16.5. The fourth-order valence-corrected chi connectivity index (χ4v) is 7.00. The maximum atomic E-state index is 6.89. The Morgan fingerprint density at radius 2 is 1.60 bits per heavy atom. The molecule has 3 aliphatic carbocycles. The van der Waals surface area contributed by atoms with Gasteiger partial charge in [-0.05, 0) is 79.0 Å². The van der Waals surface area contributed by atoms with E-state index in [0.29, 0.717) is 0 Å². The van der Waals surface area contributed by atoms with Gasteiger partial charge in [-0.1, -0.05) is 83.1 Å². The van der Waals surface area contributed by atoms with Crippen LogP contribution in [-0.2, 0) is 23.7 Å². The van der Waals surface area contributed by atoms with E-state index in [-0.39, 0.29) is 29.0 Å². The SMILES string of the molecule is CC1=CC2N=CN(c3cc(OC4C=Cc5c6c(n(-c7cc(C(C)(C)C)ccn7)c5C4)CCC=C6)cc(C(C)(C)C)c3)C2C=C1C. The summed E-state index contributed by atoms with van der Waals surface area (Å²) >= 11 is 0. The number of benzene rings is 1. The Labute approximate surface area is 268 Å². The van der Waals surface area contributed by atoms with Gasteiger partial charge in [-0.25, -0.2) is 4.98 Å². The monoisotopic (exact) mass is 598 g/mol. The number of nitrogens with zero attached hydrogens (tertiary/aromatic N) is 4. The standard InChI is InChI=1S/C40H46N4O/c1-25-17-34-37(18-26(25)2)43(24-42-34)29-19-28(40(6,7)8)20-31(22-29)45-30-13-14-33-32-11-9-10-12-35(32)44(36(33)23-30)38-21-27(15-16-41-38)39(3,4)5/h9,11,13-22,24,30,34,37H,10,12,23H2,1-8H3. The molecule has 45 heavy (non-hydrogen) atoms. The number of aliphatic imine (C=N–C) groups is 1. The summed E-state index contributed by atoms with van der Waals surface area (Å²) in [6.07, 6.45) is 20.5. The molecule has 0 amide bonds. The van der Waals surface area contributed by atoms with Crippen LogP contribution < -0.4 is 9.64 Å². The zero-order valence-electron chi connectivity index (χ0n) is 28.1. The van der Waals surface area contributed by atoms with Gasteiger partial charge in [0.1, 0.15) is 17.7 Å². The summed E-state index contributed by atoms with van der Waals surface area (Å²) < 4.78 is 9.31. The molecule has 3 heterocycles. The van der Waals surface area contributed by atoms with E-state index >= 15 is 0 Å². The number of pyridine rings is 1. The number of anilines is 1.